The van der Waals surface area contributed by atoms with Gasteiger partial charge in [-0.2, -0.15) is 0 Å². The molecule has 2 aromatic carbocycles. The van der Waals surface area contributed by atoms with Gasteiger partial charge in [0.1, 0.15) is 24.9 Å². The molecule has 0 spiro atoms. The number of unbranched alkanes of at least 4 members (excludes halogenated alkanes) is 3. The molecule has 1 aliphatic heterocycles. The Morgan fingerprint density at radius 2 is 2.00 bits per heavy atom. The Morgan fingerprint density at radius 1 is 1.14 bits per heavy atom. The third kappa shape index (κ3) is 8.00. The van der Waals surface area contributed by atoms with Gasteiger partial charge in [-0.05, 0) is 43.2 Å². The van der Waals surface area contributed by atoms with Gasteiger partial charge < -0.3 is 14.8 Å². The number of fused-ring (bicyclic) bond motifs is 1. The van der Waals surface area contributed by atoms with Crippen molar-refractivity contribution >= 4 is 23.1 Å². The van der Waals surface area contributed by atoms with Gasteiger partial charge in [-0.3, -0.25) is 14.8 Å². The third-order valence-corrected chi connectivity index (χ3v) is 5.37. The maximum Gasteiger partial charge on any atom is 0.243 e. The Balaban J connectivity index is 1.65. The van der Waals surface area contributed by atoms with Crippen molar-refractivity contribution in [2.45, 2.75) is 32.1 Å². The lowest BCUT2D eigenvalue weighted by atomic mass is 10.1. The first-order valence-corrected chi connectivity index (χ1v) is 11.6. The molecule has 0 fully saturated rings. The van der Waals surface area contributed by atoms with Crippen LogP contribution < -0.4 is 20.6 Å². The van der Waals surface area contributed by atoms with Crippen LogP contribution in [-0.2, 0) is 14.4 Å². The van der Waals surface area contributed by atoms with Gasteiger partial charge in [-0.25, -0.2) is 15.5 Å². The SMILES string of the molecule is C#Cc1cccc(NC2=NCN(OCCCCCCC(=O)NO)c3cc(OCCOC)ccc32)c1. The number of hydroxylamine groups is 2. The van der Waals surface area contributed by atoms with Gasteiger partial charge in [0.15, 0.2) is 0 Å². The number of hydrogen-bond acceptors (Lipinski definition) is 8. The molecule has 0 aromatic heterocycles. The van der Waals surface area contributed by atoms with Crippen LogP contribution in [0.5, 0.6) is 5.75 Å². The maximum atomic E-state index is 11.1. The van der Waals surface area contributed by atoms with E-state index in [0.717, 1.165) is 54.0 Å². The number of amides is 1. The molecular weight excluding hydrogens is 448 g/mol. The second kappa shape index (κ2) is 14.0. The summed E-state index contributed by atoms with van der Waals surface area (Å²) in [6, 6.07) is 13.4. The van der Waals surface area contributed by atoms with E-state index in [0.29, 0.717) is 38.7 Å². The molecule has 0 saturated heterocycles. The molecule has 2 aromatic rings. The van der Waals surface area contributed by atoms with Gasteiger partial charge in [0.05, 0.1) is 18.9 Å². The van der Waals surface area contributed by atoms with E-state index in [2.05, 4.69) is 11.2 Å². The molecule has 1 aliphatic rings. The number of carbonyl (C=O) groups excluding carboxylic acids is 1. The molecule has 186 valence electrons. The van der Waals surface area contributed by atoms with E-state index in [4.69, 9.17) is 30.9 Å². The van der Waals surface area contributed by atoms with Crippen LogP contribution in [0.25, 0.3) is 0 Å². The number of rotatable bonds is 13. The molecule has 1 amide bonds. The Labute approximate surface area is 206 Å². The van der Waals surface area contributed by atoms with E-state index < -0.39 is 0 Å². The highest BCUT2D eigenvalue weighted by Crippen LogP contribution is 2.31. The zero-order valence-corrected chi connectivity index (χ0v) is 20.0. The fraction of sp³-hybridized carbons (Fsp3) is 0.385. The van der Waals surface area contributed by atoms with Crippen LogP contribution in [0.1, 0.15) is 43.2 Å². The quantitative estimate of drug-likeness (QED) is 0.174. The lowest BCUT2D eigenvalue weighted by Crippen LogP contribution is -2.33. The molecule has 0 saturated carbocycles. The summed E-state index contributed by atoms with van der Waals surface area (Å²) in [4.78, 5) is 21.8. The number of amidine groups is 1. The summed E-state index contributed by atoms with van der Waals surface area (Å²) in [7, 11) is 1.64. The predicted molar refractivity (Wildman–Crippen MR) is 135 cm³/mol. The average molecular weight is 481 g/mol. The van der Waals surface area contributed by atoms with Gasteiger partial charge in [0.2, 0.25) is 5.91 Å². The number of ether oxygens (including phenoxy) is 2. The molecule has 35 heavy (non-hydrogen) atoms. The van der Waals surface area contributed by atoms with Crippen molar-refractivity contribution in [1.29, 1.82) is 0 Å². The van der Waals surface area contributed by atoms with Gasteiger partial charge in [-0.1, -0.05) is 24.8 Å². The van der Waals surface area contributed by atoms with Gasteiger partial charge in [0.25, 0.3) is 0 Å². The largest absolute Gasteiger partial charge is 0.491 e. The highest BCUT2D eigenvalue weighted by molar-refractivity contribution is 6.12. The lowest BCUT2D eigenvalue weighted by Gasteiger charge is -2.29. The van der Waals surface area contributed by atoms with E-state index in [1.165, 1.54) is 0 Å². The van der Waals surface area contributed by atoms with Crippen LogP contribution in [0, 0.1) is 12.3 Å². The molecule has 0 bridgehead atoms. The van der Waals surface area contributed by atoms with Crippen molar-refractivity contribution in [3.63, 3.8) is 0 Å². The minimum Gasteiger partial charge on any atom is -0.491 e. The van der Waals surface area contributed by atoms with Crippen molar-refractivity contribution < 1.29 is 24.3 Å². The molecular formula is C26H32N4O5. The molecule has 3 N–H and O–H groups in total. The number of aliphatic imine (C=N–C) groups is 1. The summed E-state index contributed by atoms with van der Waals surface area (Å²) in [5.74, 6) is 3.73. The molecule has 0 atom stereocenters. The Hall–Kier alpha value is -3.58. The zero-order chi connectivity index (χ0) is 24.9. The zero-order valence-electron chi connectivity index (χ0n) is 20.0. The summed E-state index contributed by atoms with van der Waals surface area (Å²) in [6.07, 6.45) is 9.21. The molecule has 0 aliphatic carbocycles. The van der Waals surface area contributed by atoms with E-state index in [1.54, 1.807) is 17.7 Å². The van der Waals surface area contributed by atoms with Crippen LogP contribution in [0.3, 0.4) is 0 Å². The summed E-state index contributed by atoms with van der Waals surface area (Å²) in [5, 5.41) is 13.7. The number of methoxy groups -OCH3 is 1. The van der Waals surface area contributed by atoms with Crippen molar-refractivity contribution in [2.75, 3.05) is 44.0 Å². The van der Waals surface area contributed by atoms with E-state index in [-0.39, 0.29) is 5.91 Å². The molecule has 0 radical (unpaired) electrons. The van der Waals surface area contributed by atoms with E-state index in [1.807, 2.05) is 42.5 Å². The van der Waals surface area contributed by atoms with Gasteiger partial charge in [-0.15, -0.1) is 6.42 Å². The summed E-state index contributed by atoms with van der Waals surface area (Å²) < 4.78 is 10.9. The highest BCUT2D eigenvalue weighted by Gasteiger charge is 2.22. The van der Waals surface area contributed by atoms with Crippen molar-refractivity contribution in [2.24, 2.45) is 4.99 Å². The number of nitrogens with zero attached hydrogens (tertiary/aromatic N) is 2. The standard InChI is InChI=1S/C26H32N4O5/c1-3-20-9-8-10-21(17-20)28-26-23-13-12-22(34-16-15-33-2)18-24(23)30(19-27-26)35-14-7-5-4-6-11-25(31)29-32/h1,8-10,12-13,17-18,32H,4-7,11,14-16,19H2,2H3,(H,27,28)(H,29,31). The first kappa shape index (κ1) is 26.0. The van der Waals surface area contributed by atoms with Crippen molar-refractivity contribution in [3.05, 3.63) is 53.6 Å². The Kier molecular flexibility index (Phi) is 10.4. The highest BCUT2D eigenvalue weighted by atomic mass is 16.7. The number of hydrogen-bond donors (Lipinski definition) is 3. The molecule has 9 heteroatoms. The smallest absolute Gasteiger partial charge is 0.243 e. The topological polar surface area (TPSA) is 105 Å². The van der Waals surface area contributed by atoms with E-state index in [9.17, 15) is 4.79 Å². The monoisotopic (exact) mass is 480 g/mol. The maximum absolute atomic E-state index is 11.1. The summed E-state index contributed by atoms with van der Waals surface area (Å²) in [6.45, 7) is 1.78. The first-order chi connectivity index (χ1) is 17.1. The summed E-state index contributed by atoms with van der Waals surface area (Å²) >= 11 is 0. The lowest BCUT2D eigenvalue weighted by molar-refractivity contribution is -0.129. The number of carbonyl (C=O) groups is 1. The average Bonchev–Trinajstić information content (AvgIpc) is 2.89. The van der Waals surface area contributed by atoms with Crippen LogP contribution in [-0.4, -0.2) is 50.5 Å². The Morgan fingerprint density at radius 3 is 2.80 bits per heavy atom. The van der Waals surface area contributed by atoms with Gasteiger partial charge >= 0.3 is 0 Å². The Bertz CT molecular complexity index is 1050. The minimum atomic E-state index is -0.358. The molecule has 3 rings (SSSR count). The molecule has 0 unspecified atom stereocenters. The third-order valence-electron chi connectivity index (χ3n) is 5.37. The first-order valence-electron chi connectivity index (χ1n) is 11.6. The van der Waals surface area contributed by atoms with Crippen molar-refractivity contribution in [1.82, 2.24) is 5.48 Å². The molecule has 1 heterocycles. The van der Waals surface area contributed by atoms with Crippen LogP contribution in [0.2, 0.25) is 0 Å². The fourth-order valence-corrected chi connectivity index (χ4v) is 3.56. The van der Waals surface area contributed by atoms with Crippen LogP contribution in [0.4, 0.5) is 11.4 Å². The van der Waals surface area contributed by atoms with Gasteiger partial charge in [0, 0.05) is 36.4 Å². The van der Waals surface area contributed by atoms with Crippen LogP contribution >= 0.6 is 0 Å². The second-order valence-electron chi connectivity index (χ2n) is 7.93. The fourth-order valence-electron chi connectivity index (χ4n) is 3.56. The predicted octanol–water partition coefficient (Wildman–Crippen LogP) is 3.72. The number of benzene rings is 2. The minimum absolute atomic E-state index is 0.317. The number of anilines is 2. The number of terminal acetylenes is 1. The normalized spacial score (nSPS) is 12.4. The molecule has 9 nitrogen and oxygen atoms in total. The van der Waals surface area contributed by atoms with Crippen LogP contribution in [0.15, 0.2) is 47.5 Å². The number of nitrogens with one attached hydrogen (secondary N) is 2. The second-order valence-corrected chi connectivity index (χ2v) is 7.93. The van der Waals surface area contributed by atoms with Crippen molar-refractivity contribution in [3.8, 4) is 18.1 Å². The van der Waals surface area contributed by atoms with E-state index >= 15 is 0 Å². The summed E-state index contributed by atoms with van der Waals surface area (Å²) in [5.41, 5.74) is 5.03.